The van der Waals surface area contributed by atoms with Crippen LogP contribution in [0.2, 0.25) is 0 Å². The van der Waals surface area contributed by atoms with Gasteiger partial charge < -0.3 is 21.1 Å². The molecule has 160 valence electrons. The Morgan fingerprint density at radius 3 is 2.07 bits per heavy atom. The highest BCUT2D eigenvalue weighted by Gasteiger charge is 2.66. The van der Waals surface area contributed by atoms with Gasteiger partial charge in [-0.1, -0.05) is 30.3 Å². The van der Waals surface area contributed by atoms with E-state index in [0.29, 0.717) is 6.42 Å². The quantitative estimate of drug-likeness (QED) is 0.577. The van der Waals surface area contributed by atoms with Crippen LogP contribution in [0.3, 0.4) is 0 Å². The number of rotatable bonds is 5. The summed E-state index contributed by atoms with van der Waals surface area (Å²) >= 11 is 0. The molecule has 3 rings (SSSR count). The molecule has 0 amide bonds. The van der Waals surface area contributed by atoms with Crippen LogP contribution in [-0.4, -0.2) is 44.9 Å². The van der Waals surface area contributed by atoms with Crippen LogP contribution < -0.4 is 5.73 Å². The maximum atomic E-state index is 11.7. The first-order chi connectivity index (χ1) is 13.4. The zero-order chi connectivity index (χ0) is 22.0. The molecule has 2 fully saturated rings. The molecular weight excluding hydrogens is 395 g/mol. The Bertz CT molecular complexity index is 769. The van der Waals surface area contributed by atoms with E-state index in [4.69, 9.17) is 15.6 Å². The zero-order valence-electron chi connectivity index (χ0n) is 15.3. The minimum absolute atomic E-state index is 0.107. The SMILES string of the molecule is N[C@@]1(C(=O)O)C2C[C@H](C[C@H]2CCc2ccccc2)C1C(=O)O.O=C(O)C(F)(F)F. The highest BCUT2D eigenvalue weighted by atomic mass is 19.4. The fourth-order valence-electron chi connectivity index (χ4n) is 4.66. The van der Waals surface area contributed by atoms with Crippen molar-refractivity contribution in [3.63, 3.8) is 0 Å². The van der Waals surface area contributed by atoms with Crippen LogP contribution in [0, 0.1) is 23.7 Å². The van der Waals surface area contributed by atoms with E-state index in [0.717, 1.165) is 19.3 Å². The molecular formula is C19H22F3NO6. The third kappa shape index (κ3) is 4.69. The molecule has 5 N–H and O–H groups in total. The van der Waals surface area contributed by atoms with E-state index in [1.807, 2.05) is 18.2 Å². The van der Waals surface area contributed by atoms with Crippen molar-refractivity contribution in [3.8, 4) is 0 Å². The van der Waals surface area contributed by atoms with Gasteiger partial charge in [0.25, 0.3) is 0 Å². The van der Waals surface area contributed by atoms with Gasteiger partial charge in [0.05, 0.1) is 5.92 Å². The van der Waals surface area contributed by atoms with Gasteiger partial charge in [-0.2, -0.15) is 13.2 Å². The summed E-state index contributed by atoms with van der Waals surface area (Å²) in [5.74, 6) is -6.10. The second-order valence-electron chi connectivity index (χ2n) is 7.48. The molecule has 2 unspecified atom stereocenters. The lowest BCUT2D eigenvalue weighted by Crippen LogP contribution is -2.62. The topological polar surface area (TPSA) is 138 Å². The summed E-state index contributed by atoms with van der Waals surface area (Å²) in [5.41, 5.74) is 5.72. The zero-order valence-corrected chi connectivity index (χ0v) is 15.3. The summed E-state index contributed by atoms with van der Waals surface area (Å²) in [6.07, 6.45) is -1.94. The number of aliphatic carboxylic acids is 3. The first-order valence-corrected chi connectivity index (χ1v) is 8.98. The van der Waals surface area contributed by atoms with Gasteiger partial charge in [-0.25, -0.2) is 4.79 Å². The largest absolute Gasteiger partial charge is 0.490 e. The van der Waals surface area contributed by atoms with Crippen molar-refractivity contribution in [2.45, 2.75) is 37.4 Å². The van der Waals surface area contributed by atoms with E-state index in [1.165, 1.54) is 5.56 Å². The Morgan fingerprint density at radius 2 is 1.62 bits per heavy atom. The van der Waals surface area contributed by atoms with Crippen LogP contribution in [0.4, 0.5) is 13.2 Å². The third-order valence-corrected chi connectivity index (χ3v) is 5.86. The molecule has 2 aliphatic rings. The van der Waals surface area contributed by atoms with E-state index in [9.17, 15) is 33.0 Å². The van der Waals surface area contributed by atoms with Gasteiger partial charge in [0, 0.05) is 0 Å². The molecule has 10 heteroatoms. The monoisotopic (exact) mass is 417 g/mol. The Labute approximate surface area is 164 Å². The van der Waals surface area contributed by atoms with Crippen LogP contribution >= 0.6 is 0 Å². The van der Waals surface area contributed by atoms with Gasteiger partial charge in [-0.15, -0.1) is 0 Å². The van der Waals surface area contributed by atoms with Gasteiger partial charge in [0.1, 0.15) is 5.54 Å². The van der Waals surface area contributed by atoms with Crippen molar-refractivity contribution >= 4 is 17.9 Å². The smallest absolute Gasteiger partial charge is 0.481 e. The molecule has 29 heavy (non-hydrogen) atoms. The minimum atomic E-state index is -5.08. The van der Waals surface area contributed by atoms with E-state index in [1.54, 1.807) is 0 Å². The molecule has 0 spiro atoms. The lowest BCUT2D eigenvalue weighted by Gasteiger charge is -2.39. The summed E-state index contributed by atoms with van der Waals surface area (Å²) in [4.78, 5) is 32.0. The number of hydrogen-bond acceptors (Lipinski definition) is 4. The summed E-state index contributed by atoms with van der Waals surface area (Å²) in [6, 6.07) is 10.1. The summed E-state index contributed by atoms with van der Waals surface area (Å²) < 4.78 is 31.7. The van der Waals surface area contributed by atoms with E-state index in [-0.39, 0.29) is 17.8 Å². The van der Waals surface area contributed by atoms with E-state index < -0.39 is 35.5 Å². The normalized spacial score (nSPS) is 30.3. The standard InChI is InChI=1S/C17H21NO4.C2HF3O2/c18-17(16(21)22)13-9-12(14(17)15(19)20)8-11(13)7-6-10-4-2-1-3-5-10;3-2(4,5)1(6)7/h1-5,11-14H,6-9,18H2,(H,19,20)(H,21,22);(H,6,7)/t11-,12+,13?,14?,17+;/m1./s1. The average molecular weight is 417 g/mol. The highest BCUT2D eigenvalue weighted by molar-refractivity contribution is 5.88. The van der Waals surface area contributed by atoms with Crippen LogP contribution in [-0.2, 0) is 20.8 Å². The number of carboxylic acids is 3. The van der Waals surface area contributed by atoms with Crippen molar-refractivity contribution in [2.24, 2.45) is 29.4 Å². The summed E-state index contributed by atoms with van der Waals surface area (Å²) in [6.45, 7) is 0. The van der Waals surface area contributed by atoms with Crippen LogP contribution in [0.15, 0.2) is 30.3 Å². The average Bonchev–Trinajstić information content (AvgIpc) is 3.16. The molecule has 0 heterocycles. The molecule has 0 radical (unpaired) electrons. The molecule has 1 aromatic carbocycles. The second-order valence-corrected chi connectivity index (χ2v) is 7.48. The highest BCUT2D eigenvalue weighted by Crippen LogP contribution is 2.57. The fourth-order valence-corrected chi connectivity index (χ4v) is 4.66. The van der Waals surface area contributed by atoms with E-state index >= 15 is 0 Å². The molecule has 0 saturated heterocycles. The predicted octanol–water partition coefficient (Wildman–Crippen LogP) is 2.39. The van der Waals surface area contributed by atoms with Crippen LogP contribution in [0.1, 0.15) is 24.8 Å². The third-order valence-electron chi connectivity index (χ3n) is 5.86. The van der Waals surface area contributed by atoms with Gasteiger partial charge >= 0.3 is 24.1 Å². The Morgan fingerprint density at radius 1 is 1.07 bits per heavy atom. The number of carboxylic acid groups (broad SMARTS) is 3. The molecule has 5 atom stereocenters. The van der Waals surface area contributed by atoms with Gasteiger partial charge in [-0.3, -0.25) is 9.59 Å². The maximum Gasteiger partial charge on any atom is 0.490 e. The maximum absolute atomic E-state index is 11.7. The Kier molecular flexibility index (Phi) is 6.56. The molecule has 0 aromatic heterocycles. The van der Waals surface area contributed by atoms with Crippen molar-refractivity contribution in [3.05, 3.63) is 35.9 Å². The minimum Gasteiger partial charge on any atom is -0.481 e. The summed E-state index contributed by atoms with van der Waals surface area (Å²) in [5, 5.41) is 26.0. The summed E-state index contributed by atoms with van der Waals surface area (Å²) in [7, 11) is 0. The van der Waals surface area contributed by atoms with E-state index in [2.05, 4.69) is 12.1 Å². The van der Waals surface area contributed by atoms with Crippen molar-refractivity contribution in [1.82, 2.24) is 0 Å². The molecule has 1 aromatic rings. The number of benzene rings is 1. The molecule has 2 bridgehead atoms. The number of halogens is 3. The first-order valence-electron chi connectivity index (χ1n) is 8.98. The fraction of sp³-hybridized carbons (Fsp3) is 0.526. The number of nitrogens with two attached hydrogens (primary N) is 1. The van der Waals surface area contributed by atoms with Gasteiger partial charge in [0.2, 0.25) is 0 Å². The van der Waals surface area contributed by atoms with Crippen molar-refractivity contribution < 1.29 is 42.9 Å². The van der Waals surface area contributed by atoms with Crippen LogP contribution in [0.5, 0.6) is 0 Å². The second kappa shape index (κ2) is 8.40. The lowest BCUT2D eigenvalue weighted by atomic mass is 9.67. The van der Waals surface area contributed by atoms with Crippen LogP contribution in [0.25, 0.3) is 0 Å². The predicted molar refractivity (Wildman–Crippen MR) is 93.8 cm³/mol. The molecule has 0 aliphatic heterocycles. The molecule has 7 nitrogen and oxygen atoms in total. The van der Waals surface area contributed by atoms with Crippen molar-refractivity contribution in [1.29, 1.82) is 0 Å². The Balaban J connectivity index is 0.000000370. The van der Waals surface area contributed by atoms with Gasteiger partial charge in [0.15, 0.2) is 0 Å². The number of alkyl halides is 3. The Hall–Kier alpha value is -2.62. The van der Waals surface area contributed by atoms with Gasteiger partial charge in [-0.05, 0) is 49.0 Å². The lowest BCUT2D eigenvalue weighted by molar-refractivity contribution is -0.192. The van der Waals surface area contributed by atoms with Crippen molar-refractivity contribution in [2.75, 3.05) is 0 Å². The number of carbonyl (C=O) groups is 3. The first kappa shape index (κ1) is 22.7. The molecule has 2 saturated carbocycles. The number of fused-ring (bicyclic) bond motifs is 2. The molecule has 2 aliphatic carbocycles. The number of hydrogen-bond donors (Lipinski definition) is 4. The number of aryl methyl sites for hydroxylation is 1.